The molecule has 1 aliphatic heterocycles. The Kier molecular flexibility index (Phi) is 3.28. The van der Waals surface area contributed by atoms with E-state index in [4.69, 9.17) is 5.73 Å². The van der Waals surface area contributed by atoms with Crippen LogP contribution in [-0.4, -0.2) is 24.4 Å². The van der Waals surface area contributed by atoms with Crippen LogP contribution in [0.4, 0.5) is 24.5 Å². The molecule has 0 aliphatic carbocycles. The van der Waals surface area contributed by atoms with Crippen LogP contribution in [0.3, 0.4) is 0 Å². The van der Waals surface area contributed by atoms with E-state index >= 15 is 0 Å². The maximum absolute atomic E-state index is 12.5. The fourth-order valence-electron chi connectivity index (χ4n) is 2.26. The zero-order valence-corrected chi connectivity index (χ0v) is 9.74. The van der Waals surface area contributed by atoms with Gasteiger partial charge >= 0.3 is 6.18 Å². The summed E-state index contributed by atoms with van der Waals surface area (Å²) in [4.78, 5) is 1.79. The van der Waals surface area contributed by atoms with E-state index in [0.717, 1.165) is 0 Å². The van der Waals surface area contributed by atoms with Crippen LogP contribution >= 0.6 is 0 Å². The Hall–Kier alpha value is -1.59. The zero-order valence-electron chi connectivity index (χ0n) is 9.74. The minimum atomic E-state index is -4.11. The summed E-state index contributed by atoms with van der Waals surface area (Å²) >= 11 is 0. The number of nitrogens with zero attached hydrogens (tertiary/aromatic N) is 1. The summed E-state index contributed by atoms with van der Waals surface area (Å²) in [5.74, 6) is -1.27. The first-order valence-electron chi connectivity index (χ1n) is 5.78. The molecule has 0 saturated carbocycles. The average molecular weight is 260 g/mol. The van der Waals surface area contributed by atoms with Crippen molar-refractivity contribution >= 4 is 11.4 Å². The fraction of sp³-hybridized carbons (Fsp3) is 0.500. The van der Waals surface area contributed by atoms with Crippen molar-refractivity contribution in [1.29, 1.82) is 0 Å². The van der Waals surface area contributed by atoms with E-state index in [9.17, 15) is 18.3 Å². The highest BCUT2D eigenvalue weighted by atomic mass is 19.4. The predicted molar refractivity (Wildman–Crippen MR) is 63.5 cm³/mol. The average Bonchev–Trinajstić information content (AvgIpc) is 2.32. The minimum absolute atomic E-state index is 0.0366. The van der Waals surface area contributed by atoms with Gasteiger partial charge in [0, 0.05) is 13.1 Å². The van der Waals surface area contributed by atoms with Crippen molar-refractivity contribution in [3.63, 3.8) is 0 Å². The Morgan fingerprint density at radius 1 is 1.22 bits per heavy atom. The van der Waals surface area contributed by atoms with E-state index < -0.39 is 12.1 Å². The Bertz CT molecular complexity index is 426. The van der Waals surface area contributed by atoms with Crippen LogP contribution in [0.15, 0.2) is 18.2 Å². The van der Waals surface area contributed by atoms with Crippen molar-refractivity contribution in [2.75, 3.05) is 23.7 Å². The third kappa shape index (κ3) is 2.47. The number of aromatic hydroxyl groups is 1. The van der Waals surface area contributed by atoms with Gasteiger partial charge < -0.3 is 15.7 Å². The van der Waals surface area contributed by atoms with Crippen LogP contribution in [0, 0.1) is 5.92 Å². The molecule has 0 atom stereocenters. The van der Waals surface area contributed by atoms with E-state index in [2.05, 4.69) is 0 Å². The van der Waals surface area contributed by atoms with Crippen molar-refractivity contribution in [2.24, 2.45) is 5.92 Å². The quantitative estimate of drug-likeness (QED) is 0.603. The summed E-state index contributed by atoms with van der Waals surface area (Å²) in [6.45, 7) is 0.607. The van der Waals surface area contributed by atoms with Crippen LogP contribution < -0.4 is 10.6 Å². The van der Waals surface area contributed by atoms with Crippen LogP contribution in [0.25, 0.3) is 0 Å². The molecular weight excluding hydrogens is 245 g/mol. The molecule has 18 heavy (non-hydrogen) atoms. The molecule has 1 aliphatic rings. The Labute approximate surface area is 103 Å². The Balaban J connectivity index is 2.08. The van der Waals surface area contributed by atoms with Crippen molar-refractivity contribution in [3.05, 3.63) is 18.2 Å². The van der Waals surface area contributed by atoms with E-state index in [-0.39, 0.29) is 24.3 Å². The van der Waals surface area contributed by atoms with Crippen LogP contribution in [0.2, 0.25) is 0 Å². The number of halogens is 3. The molecule has 3 nitrogen and oxygen atoms in total. The molecule has 0 aromatic heterocycles. The fourth-order valence-corrected chi connectivity index (χ4v) is 2.26. The molecule has 0 unspecified atom stereocenters. The highest BCUT2D eigenvalue weighted by Crippen LogP contribution is 2.38. The third-order valence-electron chi connectivity index (χ3n) is 3.36. The molecule has 3 N–H and O–H groups in total. The van der Waals surface area contributed by atoms with Gasteiger partial charge in [0.25, 0.3) is 0 Å². The van der Waals surface area contributed by atoms with Crippen LogP contribution in [-0.2, 0) is 0 Å². The second-order valence-electron chi connectivity index (χ2n) is 4.51. The summed E-state index contributed by atoms with van der Waals surface area (Å²) in [6, 6.07) is 4.81. The van der Waals surface area contributed by atoms with Crippen LogP contribution in [0.5, 0.6) is 5.75 Å². The number of benzene rings is 1. The number of anilines is 2. The summed E-state index contributed by atoms with van der Waals surface area (Å²) in [5.41, 5.74) is 6.55. The van der Waals surface area contributed by atoms with Gasteiger partial charge in [-0.15, -0.1) is 0 Å². The predicted octanol–water partition coefficient (Wildman–Crippen LogP) is 2.75. The number of nitrogens with two attached hydrogens (primary N) is 1. The van der Waals surface area contributed by atoms with Gasteiger partial charge in [0.05, 0.1) is 17.3 Å². The smallest absolute Gasteiger partial charge is 0.391 e. The number of para-hydroxylation sites is 1. The number of phenolic OH excluding ortho intramolecular Hbond substituents is 1. The summed E-state index contributed by atoms with van der Waals surface area (Å²) in [6.07, 6.45) is -3.98. The molecule has 1 aromatic carbocycles. The molecule has 1 aromatic rings. The van der Waals surface area contributed by atoms with Gasteiger partial charge in [0.2, 0.25) is 0 Å². The largest absolute Gasteiger partial charge is 0.506 e. The first kappa shape index (κ1) is 12.9. The molecule has 0 radical (unpaired) electrons. The molecule has 0 bridgehead atoms. The monoisotopic (exact) mass is 260 g/mol. The molecule has 1 saturated heterocycles. The molecular formula is C12H15F3N2O. The maximum atomic E-state index is 12.5. The van der Waals surface area contributed by atoms with Gasteiger partial charge in [-0.2, -0.15) is 13.2 Å². The number of nitrogen functional groups attached to an aromatic ring is 1. The molecule has 2 rings (SSSR count). The van der Waals surface area contributed by atoms with Gasteiger partial charge in [-0.05, 0) is 25.0 Å². The van der Waals surface area contributed by atoms with E-state index in [1.54, 1.807) is 17.0 Å². The summed E-state index contributed by atoms with van der Waals surface area (Å²) in [7, 11) is 0. The van der Waals surface area contributed by atoms with Crippen molar-refractivity contribution < 1.29 is 18.3 Å². The topological polar surface area (TPSA) is 49.5 Å². The molecule has 0 amide bonds. The van der Waals surface area contributed by atoms with E-state index in [0.29, 0.717) is 18.8 Å². The van der Waals surface area contributed by atoms with Gasteiger partial charge in [-0.25, -0.2) is 0 Å². The zero-order chi connectivity index (χ0) is 13.3. The lowest BCUT2D eigenvalue weighted by molar-refractivity contribution is -0.179. The van der Waals surface area contributed by atoms with Gasteiger partial charge in [-0.3, -0.25) is 0 Å². The van der Waals surface area contributed by atoms with Crippen molar-refractivity contribution in [1.82, 2.24) is 0 Å². The molecule has 1 fully saturated rings. The normalized spacial score (nSPS) is 18.1. The summed E-state index contributed by atoms with van der Waals surface area (Å²) in [5, 5.41) is 9.48. The van der Waals surface area contributed by atoms with Gasteiger partial charge in [0.15, 0.2) is 0 Å². The Morgan fingerprint density at radius 2 is 1.83 bits per heavy atom. The number of hydrogen-bond donors (Lipinski definition) is 2. The lowest BCUT2D eigenvalue weighted by Crippen LogP contribution is -2.39. The minimum Gasteiger partial charge on any atom is -0.506 e. The van der Waals surface area contributed by atoms with Gasteiger partial charge in [0.1, 0.15) is 5.75 Å². The number of hydrogen-bond acceptors (Lipinski definition) is 3. The number of phenols is 1. The lowest BCUT2D eigenvalue weighted by atomic mass is 9.96. The molecule has 0 spiro atoms. The standard InChI is InChI=1S/C12H15F3N2O/c13-12(14,15)8-4-6-17(7-5-8)9-2-1-3-10(18)11(9)16/h1-3,8,18H,4-7,16H2. The van der Waals surface area contributed by atoms with Crippen molar-refractivity contribution in [2.45, 2.75) is 19.0 Å². The van der Waals surface area contributed by atoms with Gasteiger partial charge in [-0.1, -0.05) is 6.07 Å². The second-order valence-corrected chi connectivity index (χ2v) is 4.51. The highest BCUT2D eigenvalue weighted by molar-refractivity contribution is 5.73. The number of piperidine rings is 1. The second kappa shape index (κ2) is 4.59. The van der Waals surface area contributed by atoms with Crippen molar-refractivity contribution in [3.8, 4) is 5.75 Å². The SMILES string of the molecule is Nc1c(O)cccc1N1CCC(C(F)(F)F)CC1. The van der Waals surface area contributed by atoms with E-state index in [1.165, 1.54) is 6.07 Å². The summed E-state index contributed by atoms with van der Waals surface area (Å²) < 4.78 is 37.6. The first-order valence-corrected chi connectivity index (χ1v) is 5.78. The first-order chi connectivity index (χ1) is 8.39. The Morgan fingerprint density at radius 3 is 2.39 bits per heavy atom. The maximum Gasteiger partial charge on any atom is 0.391 e. The molecule has 1 heterocycles. The number of rotatable bonds is 1. The van der Waals surface area contributed by atoms with E-state index in [1.807, 2.05) is 0 Å². The molecule has 6 heteroatoms. The molecule has 100 valence electrons. The number of alkyl halides is 3. The van der Waals surface area contributed by atoms with Crippen LogP contribution in [0.1, 0.15) is 12.8 Å². The third-order valence-corrected chi connectivity index (χ3v) is 3.36. The highest BCUT2D eigenvalue weighted by Gasteiger charge is 2.41. The lowest BCUT2D eigenvalue weighted by Gasteiger charge is -2.35.